The molecule has 0 bridgehead atoms. The molecule has 0 radical (unpaired) electrons. The van der Waals surface area contributed by atoms with Crippen molar-refractivity contribution >= 4 is 17.7 Å². The lowest BCUT2D eigenvalue weighted by Crippen LogP contribution is -2.29. The molecule has 2 aromatic carbocycles. The number of nitrogens with zero attached hydrogens (tertiary/aromatic N) is 2. The van der Waals surface area contributed by atoms with Crippen molar-refractivity contribution in [1.82, 2.24) is 9.80 Å². The molecule has 1 aliphatic heterocycles. The molecule has 4 rings (SSSR count). The van der Waals surface area contributed by atoms with Gasteiger partial charge in [0, 0.05) is 19.2 Å². The van der Waals surface area contributed by atoms with E-state index in [-0.39, 0.29) is 41.5 Å². The van der Waals surface area contributed by atoms with E-state index < -0.39 is 11.8 Å². The topological polar surface area (TPSA) is 70.8 Å². The number of hydrogen-bond acceptors (Lipinski definition) is 4. The Kier molecular flexibility index (Phi) is 4.72. The smallest absolute Gasteiger partial charge is 0.261 e. The summed E-state index contributed by atoms with van der Waals surface area (Å²) >= 11 is 0. The van der Waals surface area contributed by atoms with Gasteiger partial charge in [-0.2, -0.15) is 0 Å². The number of benzene rings is 2. The van der Waals surface area contributed by atoms with Crippen molar-refractivity contribution in [1.29, 1.82) is 0 Å². The van der Waals surface area contributed by atoms with E-state index in [1.165, 1.54) is 41.5 Å². The minimum atomic E-state index is -0.469. The number of carbonyl (C=O) groups is 3. The second-order valence-corrected chi connectivity index (χ2v) is 6.83. The highest BCUT2D eigenvalue weighted by molar-refractivity contribution is 6.22. The second-order valence-electron chi connectivity index (χ2n) is 6.83. The van der Waals surface area contributed by atoms with E-state index in [0.717, 1.165) is 4.90 Å². The molecule has 0 aliphatic carbocycles. The Balaban J connectivity index is 1.54. The van der Waals surface area contributed by atoms with Gasteiger partial charge in [0.25, 0.3) is 17.7 Å². The maximum atomic E-state index is 13.4. The van der Waals surface area contributed by atoms with E-state index in [2.05, 4.69) is 0 Å². The van der Waals surface area contributed by atoms with Gasteiger partial charge < -0.3 is 9.32 Å². The second kappa shape index (κ2) is 7.35. The molecule has 3 amide bonds. The number of rotatable bonds is 5. The predicted molar refractivity (Wildman–Crippen MR) is 102 cm³/mol. The Bertz CT molecular complexity index is 1110. The summed E-state index contributed by atoms with van der Waals surface area (Å²) in [5, 5.41) is 0. The van der Waals surface area contributed by atoms with Crippen LogP contribution in [0.25, 0.3) is 0 Å². The Hall–Kier alpha value is -3.74. The minimum Gasteiger partial charge on any atom is -0.467 e. The largest absolute Gasteiger partial charge is 0.467 e. The van der Waals surface area contributed by atoms with Gasteiger partial charge in [-0.1, -0.05) is 12.1 Å². The Labute approximate surface area is 166 Å². The summed E-state index contributed by atoms with van der Waals surface area (Å²) in [7, 11) is 1.59. The van der Waals surface area contributed by atoms with Crippen LogP contribution in [0.3, 0.4) is 0 Å². The lowest BCUT2D eigenvalue weighted by Gasteiger charge is -2.17. The SMILES string of the molecule is CN(Cc1cccc(F)c1)C(=O)c1ccc2c(c1)C(=O)N(Cc1ccco1)C2=O. The van der Waals surface area contributed by atoms with E-state index in [4.69, 9.17) is 4.42 Å². The highest BCUT2D eigenvalue weighted by Crippen LogP contribution is 2.26. The maximum Gasteiger partial charge on any atom is 0.261 e. The van der Waals surface area contributed by atoms with Crippen LogP contribution in [-0.4, -0.2) is 34.6 Å². The highest BCUT2D eigenvalue weighted by atomic mass is 19.1. The van der Waals surface area contributed by atoms with E-state index in [1.807, 2.05) is 0 Å². The molecule has 2 heterocycles. The zero-order chi connectivity index (χ0) is 20.5. The zero-order valence-corrected chi connectivity index (χ0v) is 15.6. The molecule has 0 atom stereocenters. The van der Waals surface area contributed by atoms with Crippen LogP contribution in [0, 0.1) is 5.82 Å². The van der Waals surface area contributed by atoms with Gasteiger partial charge in [0.1, 0.15) is 11.6 Å². The first-order valence-electron chi connectivity index (χ1n) is 8.96. The Morgan fingerprint density at radius 2 is 1.83 bits per heavy atom. The van der Waals surface area contributed by atoms with Crippen molar-refractivity contribution in [2.24, 2.45) is 0 Å². The van der Waals surface area contributed by atoms with Crippen molar-refractivity contribution in [2.75, 3.05) is 7.05 Å². The van der Waals surface area contributed by atoms with E-state index in [1.54, 1.807) is 31.3 Å². The van der Waals surface area contributed by atoms with Crippen molar-refractivity contribution < 1.29 is 23.2 Å². The number of furan rings is 1. The fourth-order valence-electron chi connectivity index (χ4n) is 3.33. The van der Waals surface area contributed by atoms with Crippen LogP contribution >= 0.6 is 0 Å². The summed E-state index contributed by atoms with van der Waals surface area (Å²) < 4.78 is 18.6. The molecule has 7 heteroatoms. The Morgan fingerprint density at radius 3 is 2.55 bits per heavy atom. The summed E-state index contributed by atoms with van der Waals surface area (Å²) in [6.07, 6.45) is 1.47. The first-order chi connectivity index (χ1) is 13.9. The first kappa shape index (κ1) is 18.6. The quantitative estimate of drug-likeness (QED) is 0.623. The molecule has 3 aromatic rings. The van der Waals surface area contributed by atoms with Crippen molar-refractivity contribution in [3.63, 3.8) is 0 Å². The monoisotopic (exact) mass is 392 g/mol. The molecule has 146 valence electrons. The van der Waals surface area contributed by atoms with Crippen LogP contribution in [-0.2, 0) is 13.1 Å². The number of halogens is 1. The third kappa shape index (κ3) is 3.54. The lowest BCUT2D eigenvalue weighted by atomic mass is 10.0. The molecule has 1 aliphatic rings. The van der Waals surface area contributed by atoms with E-state index in [0.29, 0.717) is 11.3 Å². The van der Waals surface area contributed by atoms with E-state index >= 15 is 0 Å². The van der Waals surface area contributed by atoms with Crippen LogP contribution < -0.4 is 0 Å². The molecule has 6 nitrogen and oxygen atoms in total. The van der Waals surface area contributed by atoms with Gasteiger partial charge in [0.05, 0.1) is 23.9 Å². The molecule has 0 saturated heterocycles. The number of hydrogen-bond donors (Lipinski definition) is 0. The number of carbonyl (C=O) groups excluding carboxylic acids is 3. The highest BCUT2D eigenvalue weighted by Gasteiger charge is 2.36. The van der Waals surface area contributed by atoms with Crippen LogP contribution in [0.15, 0.2) is 65.3 Å². The molecule has 0 fully saturated rings. The standard InChI is InChI=1S/C22H17FN2O4/c1-24(12-14-4-2-5-16(23)10-14)20(26)15-7-8-18-19(11-15)22(28)25(21(18)27)13-17-6-3-9-29-17/h2-11H,12-13H2,1H3. The lowest BCUT2D eigenvalue weighted by molar-refractivity contribution is 0.0631. The minimum absolute atomic E-state index is 0.0299. The van der Waals surface area contributed by atoms with Gasteiger partial charge in [0.15, 0.2) is 0 Å². The zero-order valence-electron chi connectivity index (χ0n) is 15.6. The first-order valence-corrected chi connectivity index (χ1v) is 8.96. The van der Waals surface area contributed by atoms with Crippen molar-refractivity contribution in [3.05, 3.63) is 94.7 Å². The molecule has 0 spiro atoms. The third-order valence-corrected chi connectivity index (χ3v) is 4.77. The van der Waals surface area contributed by atoms with Crippen molar-refractivity contribution in [3.8, 4) is 0 Å². The van der Waals surface area contributed by atoms with Crippen molar-refractivity contribution in [2.45, 2.75) is 13.1 Å². The molecular weight excluding hydrogens is 375 g/mol. The summed E-state index contributed by atoms with van der Waals surface area (Å²) in [5.74, 6) is -1.11. The van der Waals surface area contributed by atoms with Gasteiger partial charge >= 0.3 is 0 Å². The van der Waals surface area contributed by atoms with Crippen LogP contribution in [0.5, 0.6) is 0 Å². The number of amides is 3. The normalized spacial score (nSPS) is 13.0. The maximum absolute atomic E-state index is 13.4. The number of fused-ring (bicyclic) bond motifs is 1. The van der Waals surface area contributed by atoms with Crippen LogP contribution in [0.1, 0.15) is 42.4 Å². The molecule has 0 N–H and O–H groups in total. The van der Waals surface area contributed by atoms with Gasteiger partial charge in [-0.3, -0.25) is 19.3 Å². The van der Waals surface area contributed by atoms with Gasteiger partial charge in [-0.05, 0) is 48.0 Å². The molecule has 0 unspecified atom stereocenters. The average Bonchev–Trinajstić information content (AvgIpc) is 3.30. The van der Waals surface area contributed by atoms with Crippen LogP contribution in [0.4, 0.5) is 4.39 Å². The molecule has 0 saturated carbocycles. The van der Waals surface area contributed by atoms with Gasteiger partial charge in [-0.15, -0.1) is 0 Å². The summed E-state index contributed by atoms with van der Waals surface area (Å²) in [6.45, 7) is 0.243. The molecule has 1 aromatic heterocycles. The summed E-state index contributed by atoms with van der Waals surface area (Å²) in [4.78, 5) is 40.5. The fourth-order valence-corrected chi connectivity index (χ4v) is 3.33. The predicted octanol–water partition coefficient (Wildman–Crippen LogP) is 3.49. The number of imide groups is 1. The van der Waals surface area contributed by atoms with E-state index in [9.17, 15) is 18.8 Å². The Morgan fingerprint density at radius 1 is 1.03 bits per heavy atom. The van der Waals surface area contributed by atoms with Gasteiger partial charge in [-0.25, -0.2) is 4.39 Å². The third-order valence-electron chi connectivity index (χ3n) is 4.77. The average molecular weight is 392 g/mol. The summed E-state index contributed by atoms with van der Waals surface area (Å²) in [5.41, 5.74) is 1.37. The summed E-state index contributed by atoms with van der Waals surface area (Å²) in [6, 6.07) is 13.8. The fraction of sp³-hybridized carbons (Fsp3) is 0.136. The van der Waals surface area contributed by atoms with Gasteiger partial charge in [0.2, 0.25) is 0 Å². The molecular formula is C22H17FN2O4. The van der Waals surface area contributed by atoms with Crippen LogP contribution in [0.2, 0.25) is 0 Å². The molecule has 29 heavy (non-hydrogen) atoms.